The third kappa shape index (κ3) is 3.53. The number of nitrogens with zero attached hydrogens (tertiary/aromatic N) is 3. The molecule has 0 saturated carbocycles. The Hall–Kier alpha value is -2.40. The number of benzene rings is 2. The van der Waals surface area contributed by atoms with Gasteiger partial charge in [-0.05, 0) is 48.5 Å². The minimum Gasteiger partial charge on any atom is -0.388 e. The molecule has 3 N–H and O–H groups in total. The highest BCUT2D eigenvalue weighted by molar-refractivity contribution is 5.52. The lowest BCUT2D eigenvalue weighted by Crippen LogP contribution is -2.24. The third-order valence-corrected chi connectivity index (χ3v) is 2.69. The van der Waals surface area contributed by atoms with Gasteiger partial charge in [-0.15, -0.1) is 0 Å². The van der Waals surface area contributed by atoms with E-state index in [1.807, 2.05) is 55.6 Å². The molecule has 0 aliphatic rings. The van der Waals surface area contributed by atoms with Crippen molar-refractivity contribution in [2.24, 2.45) is 16.1 Å². The van der Waals surface area contributed by atoms with Crippen LogP contribution < -0.4 is 16.2 Å². The molecule has 2 aromatic rings. The summed E-state index contributed by atoms with van der Waals surface area (Å²) in [4.78, 5) is 0. The van der Waals surface area contributed by atoms with E-state index in [0.29, 0.717) is 0 Å². The number of hydrogen-bond donors (Lipinski definition) is 2. The van der Waals surface area contributed by atoms with Gasteiger partial charge in [0.15, 0.2) is 0 Å². The molecule has 0 aliphatic carbocycles. The van der Waals surface area contributed by atoms with Crippen LogP contribution in [0.15, 0.2) is 58.8 Å². The van der Waals surface area contributed by atoms with Crippen molar-refractivity contribution >= 4 is 22.7 Å². The van der Waals surface area contributed by atoms with E-state index in [1.54, 1.807) is 12.1 Å². The minimum absolute atomic E-state index is 0.795. The number of nitrogens with one attached hydrogen (secondary N) is 1. The molecule has 0 fully saturated rings. The maximum atomic E-state index is 5.63. The van der Waals surface area contributed by atoms with Gasteiger partial charge in [-0.3, -0.25) is 0 Å². The van der Waals surface area contributed by atoms with E-state index >= 15 is 0 Å². The number of hydrazine groups is 1. The van der Waals surface area contributed by atoms with Crippen LogP contribution in [0.3, 0.4) is 0 Å². The maximum absolute atomic E-state index is 5.63. The average Bonchev–Trinajstić information content (AvgIpc) is 2.46. The first-order valence-corrected chi connectivity index (χ1v) is 5.97. The first kappa shape index (κ1) is 13.0. The molecular formula is C14H17N5. The van der Waals surface area contributed by atoms with Crippen molar-refractivity contribution in [3.63, 3.8) is 0 Å². The Bertz CT molecular complexity index is 543. The van der Waals surface area contributed by atoms with E-state index < -0.39 is 0 Å². The molecule has 0 atom stereocenters. The van der Waals surface area contributed by atoms with Gasteiger partial charge in [-0.25, -0.2) is 5.84 Å². The fraction of sp³-hybridized carbons (Fsp3) is 0.143. The number of rotatable bonds is 4. The lowest BCUT2D eigenvalue weighted by atomic mass is 10.3. The quantitative estimate of drug-likeness (QED) is 0.499. The largest absolute Gasteiger partial charge is 0.388 e. The Morgan fingerprint density at radius 3 is 1.79 bits per heavy atom. The molecule has 98 valence electrons. The maximum Gasteiger partial charge on any atom is 0.0858 e. The van der Waals surface area contributed by atoms with E-state index in [1.165, 1.54) is 0 Å². The van der Waals surface area contributed by atoms with Gasteiger partial charge in [-0.1, -0.05) is 0 Å². The van der Waals surface area contributed by atoms with Crippen LogP contribution >= 0.6 is 0 Å². The first-order valence-electron chi connectivity index (χ1n) is 5.97. The van der Waals surface area contributed by atoms with Crippen LogP contribution in [0.25, 0.3) is 0 Å². The zero-order chi connectivity index (χ0) is 13.7. The van der Waals surface area contributed by atoms with Crippen LogP contribution in [0.5, 0.6) is 0 Å². The predicted molar refractivity (Wildman–Crippen MR) is 79.2 cm³/mol. The van der Waals surface area contributed by atoms with Crippen molar-refractivity contribution in [2.45, 2.75) is 0 Å². The molecule has 0 aromatic heterocycles. The van der Waals surface area contributed by atoms with Crippen molar-refractivity contribution in [1.82, 2.24) is 0 Å². The smallest absolute Gasteiger partial charge is 0.0858 e. The second-order valence-electron chi connectivity index (χ2n) is 4.12. The molecule has 0 bridgehead atoms. The summed E-state index contributed by atoms with van der Waals surface area (Å²) in [5.41, 5.74) is 3.59. The van der Waals surface area contributed by atoms with Crippen LogP contribution in [-0.4, -0.2) is 14.1 Å². The molecule has 19 heavy (non-hydrogen) atoms. The van der Waals surface area contributed by atoms with Gasteiger partial charge in [0.1, 0.15) is 0 Å². The van der Waals surface area contributed by atoms with E-state index in [2.05, 4.69) is 15.5 Å². The topological polar surface area (TPSA) is 66.0 Å². The summed E-state index contributed by atoms with van der Waals surface area (Å²) >= 11 is 0. The fourth-order valence-corrected chi connectivity index (χ4v) is 1.56. The summed E-state index contributed by atoms with van der Waals surface area (Å²) in [5.74, 6) is 5.63. The standard InChI is InChI=1S/C14H17N5/c1-16-11-3-5-12(6-4-11)17-18-13-7-9-14(10-8-13)19(2)15/h3-10,16H,15H2,1-2H3. The van der Waals surface area contributed by atoms with Crippen molar-refractivity contribution in [3.05, 3.63) is 48.5 Å². The molecule has 0 amide bonds. The summed E-state index contributed by atoms with van der Waals surface area (Å²) in [5, 5.41) is 13.0. The van der Waals surface area contributed by atoms with Gasteiger partial charge >= 0.3 is 0 Å². The molecule has 2 aromatic carbocycles. The minimum atomic E-state index is 0.795. The van der Waals surface area contributed by atoms with Crippen LogP contribution in [0.2, 0.25) is 0 Å². The Balaban J connectivity index is 2.08. The van der Waals surface area contributed by atoms with Gasteiger partial charge in [0, 0.05) is 19.8 Å². The van der Waals surface area contributed by atoms with E-state index in [4.69, 9.17) is 5.84 Å². The number of azo groups is 1. The molecule has 0 saturated heterocycles. The van der Waals surface area contributed by atoms with Crippen LogP contribution in [0, 0.1) is 0 Å². The first-order chi connectivity index (χ1) is 9.19. The van der Waals surface area contributed by atoms with Gasteiger partial charge in [0.05, 0.1) is 17.1 Å². The number of anilines is 2. The van der Waals surface area contributed by atoms with Gasteiger partial charge in [-0.2, -0.15) is 10.2 Å². The predicted octanol–water partition coefficient (Wildman–Crippen LogP) is 3.45. The van der Waals surface area contributed by atoms with E-state index in [0.717, 1.165) is 22.7 Å². The van der Waals surface area contributed by atoms with Gasteiger partial charge in [0.25, 0.3) is 0 Å². The van der Waals surface area contributed by atoms with Gasteiger partial charge < -0.3 is 10.3 Å². The lowest BCUT2D eigenvalue weighted by molar-refractivity contribution is 1.02. The monoisotopic (exact) mass is 255 g/mol. The summed E-state index contributed by atoms with van der Waals surface area (Å²) < 4.78 is 0. The lowest BCUT2D eigenvalue weighted by Gasteiger charge is -2.10. The molecule has 5 nitrogen and oxygen atoms in total. The van der Waals surface area contributed by atoms with E-state index in [-0.39, 0.29) is 0 Å². The molecule has 0 spiro atoms. The molecular weight excluding hydrogens is 238 g/mol. The molecule has 0 unspecified atom stereocenters. The Labute approximate surface area is 112 Å². The molecule has 2 rings (SSSR count). The third-order valence-electron chi connectivity index (χ3n) is 2.69. The number of hydrogen-bond acceptors (Lipinski definition) is 5. The number of nitrogens with two attached hydrogens (primary N) is 1. The second kappa shape index (κ2) is 5.97. The fourth-order valence-electron chi connectivity index (χ4n) is 1.56. The Kier molecular flexibility index (Phi) is 4.10. The molecule has 0 aliphatic heterocycles. The second-order valence-corrected chi connectivity index (χ2v) is 4.12. The highest BCUT2D eigenvalue weighted by atomic mass is 15.4. The average molecular weight is 255 g/mol. The van der Waals surface area contributed by atoms with Crippen LogP contribution in [-0.2, 0) is 0 Å². The van der Waals surface area contributed by atoms with Crippen molar-refractivity contribution < 1.29 is 0 Å². The molecule has 0 heterocycles. The zero-order valence-corrected chi connectivity index (χ0v) is 11.0. The Morgan fingerprint density at radius 2 is 1.37 bits per heavy atom. The normalized spacial score (nSPS) is 10.7. The van der Waals surface area contributed by atoms with Crippen molar-refractivity contribution in [1.29, 1.82) is 0 Å². The van der Waals surface area contributed by atoms with Crippen LogP contribution in [0.4, 0.5) is 22.7 Å². The zero-order valence-electron chi connectivity index (χ0n) is 11.0. The van der Waals surface area contributed by atoms with Crippen molar-refractivity contribution in [2.75, 3.05) is 24.4 Å². The van der Waals surface area contributed by atoms with Crippen molar-refractivity contribution in [3.8, 4) is 0 Å². The van der Waals surface area contributed by atoms with Crippen LogP contribution in [0.1, 0.15) is 0 Å². The summed E-state index contributed by atoms with van der Waals surface area (Å²) in [7, 11) is 3.67. The van der Waals surface area contributed by atoms with Gasteiger partial charge in [0.2, 0.25) is 0 Å². The Morgan fingerprint density at radius 1 is 0.895 bits per heavy atom. The highest BCUT2D eigenvalue weighted by Gasteiger charge is 1.95. The van der Waals surface area contributed by atoms with E-state index in [9.17, 15) is 0 Å². The highest BCUT2D eigenvalue weighted by Crippen LogP contribution is 2.21. The molecule has 5 heteroatoms. The SMILES string of the molecule is CNc1ccc(N=Nc2ccc(N(C)N)cc2)cc1. The summed E-state index contributed by atoms with van der Waals surface area (Å²) in [6, 6.07) is 15.3. The molecule has 0 radical (unpaired) electrons. The summed E-state index contributed by atoms with van der Waals surface area (Å²) in [6.45, 7) is 0. The summed E-state index contributed by atoms with van der Waals surface area (Å²) in [6.07, 6.45) is 0.